The number of esters is 1. The van der Waals surface area contributed by atoms with Crippen LogP contribution in [-0.4, -0.2) is 44.9 Å². The largest absolute Gasteiger partial charge is 0.465 e. The van der Waals surface area contributed by atoms with E-state index in [9.17, 15) is 13.2 Å². The van der Waals surface area contributed by atoms with E-state index in [1.807, 2.05) is 30.3 Å². The van der Waals surface area contributed by atoms with Crippen molar-refractivity contribution in [3.8, 4) is 0 Å². The zero-order valence-electron chi connectivity index (χ0n) is 14.9. The van der Waals surface area contributed by atoms with E-state index in [2.05, 4.69) is 0 Å². The van der Waals surface area contributed by atoms with Crippen LogP contribution in [0.5, 0.6) is 0 Å². The predicted molar refractivity (Wildman–Crippen MR) is 95.4 cm³/mol. The van der Waals surface area contributed by atoms with Gasteiger partial charge in [0.15, 0.2) is 0 Å². The number of hydrogen-bond donors (Lipinski definition) is 1. The van der Waals surface area contributed by atoms with E-state index in [4.69, 9.17) is 14.9 Å². The summed E-state index contributed by atoms with van der Waals surface area (Å²) >= 11 is 0. The van der Waals surface area contributed by atoms with Gasteiger partial charge in [-0.15, -0.1) is 0 Å². The predicted octanol–water partition coefficient (Wildman–Crippen LogP) is 1.80. The van der Waals surface area contributed by atoms with Crippen molar-refractivity contribution in [2.45, 2.75) is 30.7 Å². The van der Waals surface area contributed by atoms with Crippen LogP contribution in [-0.2, 0) is 14.8 Å². The molecule has 0 saturated carbocycles. The fourth-order valence-electron chi connectivity index (χ4n) is 3.48. The topological polar surface area (TPSA) is 103 Å². The number of rotatable bonds is 4. The number of benzene rings is 1. The van der Waals surface area contributed by atoms with Gasteiger partial charge in [0.2, 0.25) is 10.0 Å². The van der Waals surface area contributed by atoms with E-state index >= 15 is 0 Å². The third kappa shape index (κ3) is 3.04. The summed E-state index contributed by atoms with van der Waals surface area (Å²) in [5.41, 5.74) is 7.16. The number of ether oxygens (including phenoxy) is 1. The Morgan fingerprint density at radius 2 is 1.85 bits per heavy atom. The highest BCUT2D eigenvalue weighted by Gasteiger charge is 2.42. The Kier molecular flexibility index (Phi) is 4.92. The Morgan fingerprint density at radius 3 is 2.46 bits per heavy atom. The molecule has 3 rings (SSSR count). The number of methoxy groups -OCH3 is 1. The van der Waals surface area contributed by atoms with Gasteiger partial charge in [0, 0.05) is 25.0 Å². The lowest BCUT2D eigenvalue weighted by Crippen LogP contribution is -2.33. The molecule has 0 radical (unpaired) electrons. The summed E-state index contributed by atoms with van der Waals surface area (Å²) in [6.45, 7) is 3.49. The molecule has 1 saturated heterocycles. The molecule has 2 heterocycles. The van der Waals surface area contributed by atoms with Gasteiger partial charge in [0.05, 0.1) is 7.11 Å². The van der Waals surface area contributed by atoms with Crippen LogP contribution in [0.3, 0.4) is 0 Å². The number of aryl methyl sites for hydroxylation is 2. The molecular formula is C18H22N2O5S. The van der Waals surface area contributed by atoms with Gasteiger partial charge >= 0.3 is 5.97 Å². The zero-order valence-corrected chi connectivity index (χ0v) is 15.7. The van der Waals surface area contributed by atoms with Gasteiger partial charge in [0.1, 0.15) is 22.0 Å². The van der Waals surface area contributed by atoms with Crippen LogP contribution in [0, 0.1) is 13.8 Å². The number of carbonyl (C=O) groups is 1. The smallest absolute Gasteiger partial charge is 0.342 e. The molecule has 2 atom stereocenters. The molecule has 1 fully saturated rings. The second-order valence-corrected chi connectivity index (χ2v) is 8.29. The van der Waals surface area contributed by atoms with Crippen LogP contribution in [0.15, 0.2) is 39.6 Å². The lowest BCUT2D eigenvalue weighted by atomic mass is 9.95. The normalized spacial score (nSPS) is 21.1. The Balaban J connectivity index is 1.99. The van der Waals surface area contributed by atoms with E-state index in [0.29, 0.717) is 0 Å². The number of carbonyl (C=O) groups excluding carboxylic acids is 1. The molecule has 0 bridgehead atoms. The van der Waals surface area contributed by atoms with Crippen molar-refractivity contribution in [1.82, 2.24) is 4.31 Å². The van der Waals surface area contributed by atoms with Crippen molar-refractivity contribution in [3.05, 3.63) is 53.0 Å². The average molecular weight is 378 g/mol. The van der Waals surface area contributed by atoms with Crippen molar-refractivity contribution in [2.24, 2.45) is 5.73 Å². The molecule has 1 aliphatic heterocycles. The number of furan rings is 1. The number of nitrogens with zero attached hydrogens (tertiary/aromatic N) is 1. The summed E-state index contributed by atoms with van der Waals surface area (Å²) in [7, 11) is -2.74. The fraction of sp³-hybridized carbons (Fsp3) is 0.389. The number of sulfonamides is 1. The molecule has 0 aliphatic carbocycles. The van der Waals surface area contributed by atoms with Crippen molar-refractivity contribution in [2.75, 3.05) is 20.2 Å². The second-order valence-electron chi connectivity index (χ2n) is 6.41. The molecule has 8 heteroatoms. The van der Waals surface area contributed by atoms with Crippen molar-refractivity contribution in [1.29, 1.82) is 0 Å². The van der Waals surface area contributed by atoms with Crippen molar-refractivity contribution in [3.63, 3.8) is 0 Å². The summed E-state index contributed by atoms with van der Waals surface area (Å²) in [6.07, 6.45) is 0. The van der Waals surface area contributed by atoms with Crippen molar-refractivity contribution < 1.29 is 22.4 Å². The maximum Gasteiger partial charge on any atom is 0.342 e. The molecule has 7 nitrogen and oxygen atoms in total. The first-order valence-electron chi connectivity index (χ1n) is 8.26. The van der Waals surface area contributed by atoms with Crippen LogP contribution in [0.2, 0.25) is 0 Å². The Bertz CT molecular complexity index is 921. The maximum atomic E-state index is 13.2. The van der Waals surface area contributed by atoms with Gasteiger partial charge in [0.25, 0.3) is 0 Å². The first-order valence-corrected chi connectivity index (χ1v) is 9.70. The molecule has 1 aromatic heterocycles. The summed E-state index contributed by atoms with van der Waals surface area (Å²) in [5, 5.41) is 0. The van der Waals surface area contributed by atoms with E-state index in [1.165, 1.54) is 18.3 Å². The van der Waals surface area contributed by atoms with E-state index < -0.39 is 16.0 Å². The van der Waals surface area contributed by atoms with Crippen LogP contribution >= 0.6 is 0 Å². The standard InChI is InChI=1S/C18H22N2O5S/c1-11-16(18(21)24-3)17(12(2)25-11)26(22,23)20-9-14(15(19)10-20)13-7-5-4-6-8-13/h4-8,14-15H,9-10,19H2,1-3H3/t14-,15+/m0/s1. The molecular weight excluding hydrogens is 356 g/mol. The highest BCUT2D eigenvalue weighted by atomic mass is 32.2. The van der Waals surface area contributed by atoms with Gasteiger partial charge in [-0.2, -0.15) is 4.31 Å². The van der Waals surface area contributed by atoms with Gasteiger partial charge in [-0.1, -0.05) is 30.3 Å². The molecule has 140 valence electrons. The molecule has 2 N–H and O–H groups in total. The van der Waals surface area contributed by atoms with E-state index in [0.717, 1.165) is 5.56 Å². The average Bonchev–Trinajstić information content (AvgIpc) is 3.15. The number of nitrogens with two attached hydrogens (primary N) is 1. The Hall–Kier alpha value is -2.16. The minimum absolute atomic E-state index is 0.0540. The van der Waals surface area contributed by atoms with Crippen LogP contribution in [0.4, 0.5) is 0 Å². The lowest BCUT2D eigenvalue weighted by molar-refractivity contribution is 0.0594. The monoisotopic (exact) mass is 378 g/mol. The summed E-state index contributed by atoms with van der Waals surface area (Å²) in [5.74, 6) is -0.461. The Morgan fingerprint density at radius 1 is 1.19 bits per heavy atom. The maximum absolute atomic E-state index is 13.2. The summed E-state index contributed by atoms with van der Waals surface area (Å²) in [4.78, 5) is 12.0. The molecule has 0 unspecified atom stereocenters. The molecule has 1 aromatic carbocycles. The summed E-state index contributed by atoms with van der Waals surface area (Å²) < 4.78 is 37.9. The molecule has 2 aromatic rings. The summed E-state index contributed by atoms with van der Waals surface area (Å²) in [6, 6.07) is 9.25. The third-order valence-electron chi connectivity index (χ3n) is 4.75. The first kappa shape index (κ1) is 18.6. The number of hydrogen-bond acceptors (Lipinski definition) is 6. The first-order chi connectivity index (χ1) is 12.3. The second kappa shape index (κ2) is 6.86. The minimum atomic E-state index is -3.95. The van der Waals surface area contributed by atoms with Crippen LogP contribution in [0.25, 0.3) is 0 Å². The van der Waals surface area contributed by atoms with Crippen molar-refractivity contribution >= 4 is 16.0 Å². The highest BCUT2D eigenvalue weighted by Crippen LogP contribution is 2.34. The molecule has 0 spiro atoms. The van der Waals surface area contributed by atoms with Crippen LogP contribution < -0.4 is 5.73 Å². The zero-order chi connectivity index (χ0) is 19.1. The molecule has 26 heavy (non-hydrogen) atoms. The lowest BCUT2D eigenvalue weighted by Gasteiger charge is -2.17. The minimum Gasteiger partial charge on any atom is -0.465 e. The van der Waals surface area contributed by atoms with Gasteiger partial charge in [-0.05, 0) is 19.4 Å². The van der Waals surface area contributed by atoms with E-state index in [1.54, 1.807) is 6.92 Å². The van der Waals surface area contributed by atoms with Crippen LogP contribution in [0.1, 0.15) is 33.4 Å². The SMILES string of the molecule is COC(=O)c1c(C)oc(C)c1S(=O)(=O)N1C[C@@H](N)[C@H](c2ccccc2)C1. The third-order valence-corrected chi connectivity index (χ3v) is 6.74. The van der Waals surface area contributed by atoms with Gasteiger partial charge in [-0.25, -0.2) is 13.2 Å². The van der Waals surface area contributed by atoms with Gasteiger partial charge < -0.3 is 14.9 Å². The Labute approximate surface area is 152 Å². The fourth-order valence-corrected chi connectivity index (χ4v) is 5.36. The van der Waals surface area contributed by atoms with E-state index in [-0.39, 0.29) is 47.0 Å². The molecule has 0 amide bonds. The van der Waals surface area contributed by atoms with Gasteiger partial charge in [-0.3, -0.25) is 0 Å². The molecule has 1 aliphatic rings. The quantitative estimate of drug-likeness (QED) is 0.814. The highest BCUT2D eigenvalue weighted by molar-refractivity contribution is 7.89.